The zero-order chi connectivity index (χ0) is 39.1. The Balaban J connectivity index is 1.04. The molecule has 1 saturated heterocycles. The summed E-state index contributed by atoms with van der Waals surface area (Å²) >= 11 is 0. The van der Waals surface area contributed by atoms with Crippen molar-refractivity contribution >= 4 is 23.7 Å². The molecule has 0 aromatic carbocycles. The van der Waals surface area contributed by atoms with Gasteiger partial charge in [0.15, 0.2) is 0 Å². The third-order valence-electron chi connectivity index (χ3n) is 12.1. The Morgan fingerprint density at radius 1 is 0.963 bits per heavy atom. The molecule has 1 aliphatic heterocycles. The van der Waals surface area contributed by atoms with E-state index in [0.717, 1.165) is 50.9 Å². The predicted molar refractivity (Wildman–Crippen MR) is 207 cm³/mol. The van der Waals surface area contributed by atoms with E-state index in [1.54, 1.807) is 5.57 Å². The van der Waals surface area contributed by atoms with E-state index in [1.165, 1.54) is 49.7 Å². The van der Waals surface area contributed by atoms with Crippen LogP contribution in [-0.4, -0.2) is 85.1 Å². The molecule has 0 aromatic rings. The van der Waals surface area contributed by atoms with E-state index in [2.05, 4.69) is 37.9 Å². The van der Waals surface area contributed by atoms with Crippen LogP contribution in [0.2, 0.25) is 0 Å². The summed E-state index contributed by atoms with van der Waals surface area (Å²) < 4.78 is 17.1. The SMILES string of the molecule is C=C1CC[C@H](OCCCCNC(=O)CCOCCOCCC(=O)ON2C(=O)CCC2=O)C/C1=C/C=C1\CCC[C@]2(C)[C@@H]([C@H](C)CCCC(C)(C)O)CC[C@@H]12. The summed E-state index contributed by atoms with van der Waals surface area (Å²) in [5, 5.41) is 13.6. The Hall–Kier alpha value is -2.86. The number of fused-ring (bicyclic) bond motifs is 1. The molecule has 1 heterocycles. The normalized spacial score (nSPS) is 26.8. The highest BCUT2D eigenvalue weighted by atomic mass is 16.7. The number of unbranched alkanes of at least 4 members (excludes halogenated alkanes) is 1. The van der Waals surface area contributed by atoms with Gasteiger partial charge in [0.1, 0.15) is 0 Å². The Morgan fingerprint density at radius 3 is 2.41 bits per heavy atom. The first-order valence-corrected chi connectivity index (χ1v) is 20.7. The molecule has 0 unspecified atom stereocenters. The lowest BCUT2D eigenvalue weighted by molar-refractivity contribution is -0.198. The fraction of sp³-hybridized carbons (Fsp3) is 0.767. The van der Waals surface area contributed by atoms with Crippen molar-refractivity contribution in [2.75, 3.05) is 39.6 Å². The number of carbonyl (C=O) groups is 4. The van der Waals surface area contributed by atoms with Crippen molar-refractivity contribution in [3.63, 3.8) is 0 Å². The average molecular weight is 757 g/mol. The number of aliphatic hydroxyl groups is 1. The molecule has 304 valence electrons. The molecule has 0 spiro atoms. The molecule has 11 nitrogen and oxygen atoms in total. The van der Waals surface area contributed by atoms with Crippen molar-refractivity contribution in [3.05, 3.63) is 35.5 Å². The maximum atomic E-state index is 12.2. The third kappa shape index (κ3) is 13.7. The summed E-state index contributed by atoms with van der Waals surface area (Å²) in [6.07, 6.45) is 19.4. The highest BCUT2D eigenvalue weighted by molar-refractivity contribution is 6.01. The Morgan fingerprint density at radius 2 is 1.69 bits per heavy atom. The van der Waals surface area contributed by atoms with E-state index >= 15 is 0 Å². The number of ether oxygens (including phenoxy) is 3. The highest BCUT2D eigenvalue weighted by Crippen LogP contribution is 2.60. The molecule has 3 aliphatic carbocycles. The minimum absolute atomic E-state index is 0.0534. The molecule has 54 heavy (non-hydrogen) atoms. The van der Waals surface area contributed by atoms with Gasteiger partial charge in [-0.05, 0) is 113 Å². The molecule has 0 aromatic heterocycles. The quantitative estimate of drug-likeness (QED) is 0.0877. The lowest BCUT2D eigenvalue weighted by Crippen LogP contribution is -2.36. The van der Waals surface area contributed by atoms with Crippen LogP contribution in [0.25, 0.3) is 0 Å². The molecule has 3 saturated carbocycles. The van der Waals surface area contributed by atoms with E-state index in [0.29, 0.717) is 35.5 Å². The second-order valence-electron chi connectivity index (χ2n) is 16.9. The molecular weight excluding hydrogens is 688 g/mol. The Labute approximate surface area is 323 Å². The minimum Gasteiger partial charge on any atom is -0.390 e. The molecule has 2 N–H and O–H groups in total. The van der Waals surface area contributed by atoms with Crippen LogP contribution in [0.1, 0.15) is 137 Å². The number of hydrogen-bond donors (Lipinski definition) is 2. The van der Waals surface area contributed by atoms with Crippen molar-refractivity contribution in [3.8, 4) is 0 Å². The van der Waals surface area contributed by atoms with E-state index in [9.17, 15) is 24.3 Å². The lowest BCUT2D eigenvalue weighted by Gasteiger charge is -2.44. The van der Waals surface area contributed by atoms with Crippen LogP contribution in [0.5, 0.6) is 0 Å². The maximum absolute atomic E-state index is 12.2. The van der Waals surface area contributed by atoms with Gasteiger partial charge in [0.05, 0.1) is 44.6 Å². The van der Waals surface area contributed by atoms with Gasteiger partial charge in [-0.15, -0.1) is 5.06 Å². The molecule has 0 radical (unpaired) electrons. The summed E-state index contributed by atoms with van der Waals surface area (Å²) in [5.41, 5.74) is 4.00. The summed E-state index contributed by atoms with van der Waals surface area (Å²) in [6, 6.07) is 0. The van der Waals surface area contributed by atoms with Gasteiger partial charge in [-0.1, -0.05) is 56.6 Å². The number of hydrogen-bond acceptors (Lipinski definition) is 9. The summed E-state index contributed by atoms with van der Waals surface area (Å²) in [4.78, 5) is 51.7. The van der Waals surface area contributed by atoms with Crippen LogP contribution in [-0.2, 0) is 38.2 Å². The van der Waals surface area contributed by atoms with Gasteiger partial charge >= 0.3 is 5.97 Å². The first-order chi connectivity index (χ1) is 25.8. The minimum atomic E-state index is -0.709. The first-order valence-electron chi connectivity index (χ1n) is 20.7. The number of amides is 3. The number of rotatable bonds is 22. The summed E-state index contributed by atoms with van der Waals surface area (Å²) in [5.74, 6) is 0.313. The second kappa shape index (κ2) is 21.4. The summed E-state index contributed by atoms with van der Waals surface area (Å²) in [7, 11) is 0. The van der Waals surface area contributed by atoms with Crippen LogP contribution < -0.4 is 5.32 Å². The second-order valence-corrected chi connectivity index (χ2v) is 16.9. The Bertz CT molecular complexity index is 1330. The number of hydroxylamine groups is 2. The van der Waals surface area contributed by atoms with Crippen molar-refractivity contribution in [2.45, 2.75) is 149 Å². The maximum Gasteiger partial charge on any atom is 0.335 e. The fourth-order valence-electron chi connectivity index (χ4n) is 9.04. The van der Waals surface area contributed by atoms with Gasteiger partial charge in [-0.25, -0.2) is 4.79 Å². The van der Waals surface area contributed by atoms with E-state index in [1.807, 2.05) is 13.8 Å². The van der Waals surface area contributed by atoms with Gasteiger partial charge in [-0.2, -0.15) is 0 Å². The van der Waals surface area contributed by atoms with Crippen molar-refractivity contribution in [2.24, 2.45) is 23.2 Å². The standard InChI is InChI=1S/C43H68N2O9/c1-31-12-15-35(30-34(31)14-13-33-11-9-23-43(5)36(16-17-37(33)43)32(2)10-8-22-42(3,4)50)53-25-7-6-24-44-38(46)20-26-51-28-29-52-27-21-41(49)54-45-39(47)18-19-40(45)48/h13-14,32,35-37,50H,1,6-12,15-30H2,2-5H3,(H,44,46)/b33-13+,34-14-/t32-,35+,36-,37+,43-/m1/s1. The van der Waals surface area contributed by atoms with Crippen molar-refractivity contribution in [1.82, 2.24) is 10.4 Å². The third-order valence-corrected chi connectivity index (χ3v) is 12.1. The van der Waals surface area contributed by atoms with Gasteiger partial charge < -0.3 is 29.5 Å². The number of carbonyl (C=O) groups excluding carboxylic acids is 4. The van der Waals surface area contributed by atoms with Gasteiger partial charge in [-0.3, -0.25) is 14.4 Å². The van der Waals surface area contributed by atoms with Crippen LogP contribution in [0.15, 0.2) is 35.5 Å². The van der Waals surface area contributed by atoms with Crippen molar-refractivity contribution in [1.29, 1.82) is 0 Å². The number of nitrogens with zero attached hydrogens (tertiary/aromatic N) is 1. The molecule has 4 fully saturated rings. The van der Waals surface area contributed by atoms with Crippen LogP contribution in [0, 0.1) is 23.2 Å². The van der Waals surface area contributed by atoms with E-state index in [-0.39, 0.29) is 64.1 Å². The summed E-state index contributed by atoms with van der Waals surface area (Å²) in [6.45, 7) is 15.4. The molecular formula is C43H68N2O9. The topological polar surface area (TPSA) is 141 Å². The highest BCUT2D eigenvalue weighted by Gasteiger charge is 2.50. The molecule has 3 amide bonds. The van der Waals surface area contributed by atoms with Crippen LogP contribution >= 0.6 is 0 Å². The number of imide groups is 1. The zero-order valence-corrected chi connectivity index (χ0v) is 33.6. The molecule has 4 aliphatic rings. The first kappa shape index (κ1) is 43.9. The number of nitrogens with one attached hydrogen (secondary N) is 1. The van der Waals surface area contributed by atoms with E-state index < -0.39 is 23.4 Å². The molecule has 4 rings (SSSR count). The van der Waals surface area contributed by atoms with Gasteiger partial charge in [0.25, 0.3) is 11.8 Å². The average Bonchev–Trinajstić information content (AvgIpc) is 3.64. The fourth-order valence-corrected chi connectivity index (χ4v) is 9.04. The van der Waals surface area contributed by atoms with Gasteiger partial charge in [0.2, 0.25) is 5.91 Å². The molecule has 5 atom stereocenters. The van der Waals surface area contributed by atoms with Crippen molar-refractivity contribution < 1.29 is 43.3 Å². The predicted octanol–water partition coefficient (Wildman–Crippen LogP) is 7.08. The van der Waals surface area contributed by atoms with Gasteiger partial charge in [0, 0.05) is 32.4 Å². The molecule has 0 bridgehead atoms. The number of allylic oxidation sites excluding steroid dienone is 4. The monoisotopic (exact) mass is 756 g/mol. The van der Waals surface area contributed by atoms with Crippen LogP contribution in [0.4, 0.5) is 0 Å². The van der Waals surface area contributed by atoms with E-state index in [4.69, 9.17) is 19.0 Å². The van der Waals surface area contributed by atoms with Crippen LogP contribution in [0.3, 0.4) is 0 Å². The zero-order valence-electron chi connectivity index (χ0n) is 33.6. The lowest BCUT2D eigenvalue weighted by atomic mass is 9.60. The Kier molecular flexibility index (Phi) is 17.4. The largest absolute Gasteiger partial charge is 0.390 e. The molecule has 11 heteroatoms. The smallest absolute Gasteiger partial charge is 0.335 e.